The van der Waals surface area contributed by atoms with Crippen LogP contribution in [0, 0.1) is 0 Å². The summed E-state index contributed by atoms with van der Waals surface area (Å²) < 4.78 is 31.2. The van der Waals surface area contributed by atoms with Gasteiger partial charge in [-0.2, -0.15) is 24.9 Å². The van der Waals surface area contributed by atoms with Crippen LogP contribution in [0.5, 0.6) is 0 Å². The largest absolute Gasteiger partial charge is 0.480 e. The summed E-state index contributed by atoms with van der Waals surface area (Å²) in [5, 5.41) is 9.08. The first-order chi connectivity index (χ1) is 8.31. The number of carbonyl (C=O) groups is 2. The van der Waals surface area contributed by atoms with Gasteiger partial charge in [-0.05, 0) is 19.1 Å². The van der Waals surface area contributed by atoms with Gasteiger partial charge < -0.3 is 9.84 Å². The second-order valence-electron chi connectivity index (χ2n) is 3.62. The fourth-order valence-electron chi connectivity index (χ4n) is 1.41. The van der Waals surface area contributed by atoms with E-state index < -0.39 is 27.8 Å². The van der Waals surface area contributed by atoms with Crippen molar-refractivity contribution in [3.63, 3.8) is 0 Å². The van der Waals surface area contributed by atoms with Crippen molar-refractivity contribution >= 4 is 34.0 Å². The van der Waals surface area contributed by atoms with E-state index in [-0.39, 0.29) is 18.8 Å². The minimum Gasteiger partial charge on any atom is -0.480 e. The normalized spacial score (nSPS) is 23.6. The first-order valence-corrected chi connectivity index (χ1v) is 7.75. The van der Waals surface area contributed by atoms with E-state index in [0.29, 0.717) is 5.75 Å². The van der Waals surface area contributed by atoms with E-state index in [1.807, 2.05) is 4.72 Å². The molecule has 0 aliphatic carbocycles. The maximum absolute atomic E-state index is 11.6. The van der Waals surface area contributed by atoms with Gasteiger partial charge in [-0.15, -0.1) is 0 Å². The van der Waals surface area contributed by atoms with Gasteiger partial charge >= 0.3 is 22.3 Å². The molecular formula is C8H14N2O6S2. The minimum atomic E-state index is -4.26. The third kappa shape index (κ3) is 3.75. The van der Waals surface area contributed by atoms with Crippen molar-refractivity contribution in [3.05, 3.63) is 0 Å². The molecule has 0 radical (unpaired) electrons. The number of amides is 1. The lowest BCUT2D eigenvalue weighted by molar-refractivity contribution is -0.143. The molecule has 1 aliphatic rings. The van der Waals surface area contributed by atoms with E-state index in [9.17, 15) is 18.0 Å². The Morgan fingerprint density at radius 3 is 2.61 bits per heavy atom. The van der Waals surface area contributed by atoms with Crippen molar-refractivity contribution in [3.8, 4) is 0 Å². The number of nitrogens with one attached hydrogen (secondary N) is 2. The van der Waals surface area contributed by atoms with Crippen molar-refractivity contribution in [2.75, 3.05) is 18.1 Å². The third-order valence-corrected chi connectivity index (χ3v) is 4.54. The van der Waals surface area contributed by atoms with Crippen molar-refractivity contribution in [1.82, 2.24) is 9.44 Å². The Bertz CT molecular complexity index is 429. The van der Waals surface area contributed by atoms with Crippen LogP contribution in [0.25, 0.3) is 0 Å². The number of hydrogen-bond acceptors (Lipinski definition) is 6. The highest BCUT2D eigenvalue weighted by Crippen LogP contribution is 2.28. The average molecular weight is 298 g/mol. The monoisotopic (exact) mass is 298 g/mol. The van der Waals surface area contributed by atoms with Gasteiger partial charge in [0.05, 0.1) is 6.61 Å². The van der Waals surface area contributed by atoms with Gasteiger partial charge in [0.1, 0.15) is 5.54 Å². The van der Waals surface area contributed by atoms with Gasteiger partial charge in [0.2, 0.25) is 0 Å². The fraction of sp³-hybridized carbons (Fsp3) is 0.750. The number of ether oxygens (including phenoxy) is 1. The lowest BCUT2D eigenvalue weighted by atomic mass is 10.0. The topological polar surface area (TPSA) is 122 Å². The molecule has 0 spiro atoms. The van der Waals surface area contributed by atoms with E-state index in [4.69, 9.17) is 5.11 Å². The van der Waals surface area contributed by atoms with Crippen LogP contribution in [0.1, 0.15) is 13.3 Å². The molecule has 0 bridgehead atoms. The Kier molecular flexibility index (Phi) is 4.82. The van der Waals surface area contributed by atoms with Crippen molar-refractivity contribution in [2.24, 2.45) is 0 Å². The predicted molar refractivity (Wildman–Crippen MR) is 64.5 cm³/mol. The second-order valence-corrected chi connectivity index (χ2v) is 6.14. The number of carboxylic acids is 1. The number of rotatable bonds is 5. The summed E-state index contributed by atoms with van der Waals surface area (Å²) >= 11 is 1.33. The van der Waals surface area contributed by atoms with Gasteiger partial charge in [0.25, 0.3) is 0 Å². The summed E-state index contributed by atoms with van der Waals surface area (Å²) in [6, 6.07) is 0. The third-order valence-electron chi connectivity index (χ3n) is 2.25. The van der Waals surface area contributed by atoms with E-state index in [1.165, 1.54) is 18.7 Å². The molecule has 1 aliphatic heterocycles. The molecule has 18 heavy (non-hydrogen) atoms. The number of hydrogen-bond donors (Lipinski definition) is 3. The molecule has 1 rings (SSSR count). The lowest BCUT2D eigenvalue weighted by Gasteiger charge is -2.23. The number of aliphatic carboxylic acids is 1. The summed E-state index contributed by atoms with van der Waals surface area (Å²) in [6.07, 6.45) is -0.979. The van der Waals surface area contributed by atoms with Crippen LogP contribution in [0.3, 0.4) is 0 Å². The van der Waals surface area contributed by atoms with E-state index >= 15 is 0 Å². The summed E-state index contributed by atoms with van der Waals surface area (Å²) in [5.74, 6) is -0.609. The zero-order chi connectivity index (χ0) is 13.8. The quantitative estimate of drug-likeness (QED) is 0.627. The molecule has 8 nitrogen and oxygen atoms in total. The van der Waals surface area contributed by atoms with Crippen LogP contribution in [0.2, 0.25) is 0 Å². The zero-order valence-electron chi connectivity index (χ0n) is 9.63. The molecule has 104 valence electrons. The molecule has 1 heterocycles. The van der Waals surface area contributed by atoms with Crippen molar-refractivity contribution in [1.29, 1.82) is 0 Å². The van der Waals surface area contributed by atoms with Gasteiger partial charge in [0, 0.05) is 5.75 Å². The molecule has 0 aromatic carbocycles. The molecule has 3 N–H and O–H groups in total. The standard InChI is InChI=1S/C8H14N2O6S2/c1-2-16-7(13)9-18(14,15)10-8(6(11)12)3-4-17-5-8/h10H,2-5H2,1H3,(H,9,13)(H,11,12). The molecule has 1 fully saturated rings. The predicted octanol–water partition coefficient (Wildman–Crippen LogP) is -0.473. The molecule has 0 aromatic rings. The first kappa shape index (κ1) is 15.1. The maximum atomic E-state index is 11.6. The summed E-state index contributed by atoms with van der Waals surface area (Å²) in [6.45, 7) is 1.53. The maximum Gasteiger partial charge on any atom is 0.421 e. The molecule has 1 unspecified atom stereocenters. The van der Waals surface area contributed by atoms with Crippen molar-refractivity contribution < 1.29 is 27.9 Å². The van der Waals surface area contributed by atoms with Crippen LogP contribution in [-0.2, 0) is 19.7 Å². The highest BCUT2D eigenvalue weighted by Gasteiger charge is 2.45. The summed E-state index contributed by atoms with van der Waals surface area (Å²) in [7, 11) is -4.26. The first-order valence-electron chi connectivity index (χ1n) is 5.11. The van der Waals surface area contributed by atoms with E-state index in [1.54, 1.807) is 4.72 Å². The smallest absolute Gasteiger partial charge is 0.421 e. The molecule has 1 amide bonds. The van der Waals surface area contributed by atoms with Crippen LogP contribution >= 0.6 is 11.8 Å². The lowest BCUT2D eigenvalue weighted by Crippen LogP contribution is -2.58. The van der Waals surface area contributed by atoms with Crippen LogP contribution in [0.4, 0.5) is 4.79 Å². The molecule has 10 heteroatoms. The Hall–Kier alpha value is -1.00. The molecular weight excluding hydrogens is 284 g/mol. The van der Waals surface area contributed by atoms with Gasteiger partial charge in [-0.3, -0.25) is 4.79 Å². The highest BCUT2D eigenvalue weighted by atomic mass is 32.2. The van der Waals surface area contributed by atoms with Crippen LogP contribution < -0.4 is 9.44 Å². The van der Waals surface area contributed by atoms with E-state index in [0.717, 1.165) is 0 Å². The Morgan fingerprint density at radius 2 is 2.17 bits per heavy atom. The number of carbonyl (C=O) groups excluding carboxylic acids is 1. The fourth-order valence-corrected chi connectivity index (χ4v) is 3.93. The minimum absolute atomic E-state index is 0.0152. The molecule has 0 aromatic heterocycles. The SMILES string of the molecule is CCOC(=O)NS(=O)(=O)NC1(C(=O)O)CCSC1. The van der Waals surface area contributed by atoms with Gasteiger partial charge in [-0.25, -0.2) is 9.52 Å². The number of thioether (sulfide) groups is 1. The zero-order valence-corrected chi connectivity index (χ0v) is 11.3. The van der Waals surface area contributed by atoms with Gasteiger partial charge in [0.15, 0.2) is 0 Å². The Labute approximate surface area is 109 Å². The van der Waals surface area contributed by atoms with Crippen LogP contribution in [-0.4, -0.2) is 49.2 Å². The van der Waals surface area contributed by atoms with Crippen molar-refractivity contribution in [2.45, 2.75) is 18.9 Å². The Balaban J connectivity index is 2.75. The van der Waals surface area contributed by atoms with E-state index in [2.05, 4.69) is 4.74 Å². The summed E-state index contributed by atoms with van der Waals surface area (Å²) in [5.41, 5.74) is -1.57. The second kappa shape index (κ2) is 5.76. The molecule has 0 saturated carbocycles. The van der Waals surface area contributed by atoms with Crippen LogP contribution in [0.15, 0.2) is 0 Å². The highest BCUT2D eigenvalue weighted by molar-refractivity contribution is 7.99. The summed E-state index contributed by atoms with van der Waals surface area (Å²) in [4.78, 5) is 22.1. The van der Waals surface area contributed by atoms with Gasteiger partial charge in [-0.1, -0.05) is 0 Å². The number of carboxylic acid groups (broad SMARTS) is 1. The average Bonchev–Trinajstić information content (AvgIpc) is 2.65. The Morgan fingerprint density at radius 1 is 1.50 bits per heavy atom. The molecule has 1 atom stereocenters. The molecule has 1 saturated heterocycles.